The van der Waals surface area contributed by atoms with Crippen LogP contribution in [0.4, 0.5) is 13.2 Å². The lowest BCUT2D eigenvalue weighted by molar-refractivity contribution is -0.184. The van der Waals surface area contributed by atoms with Crippen molar-refractivity contribution < 1.29 is 18.0 Å². The third-order valence-electron chi connectivity index (χ3n) is 4.63. The molecule has 20 heavy (non-hydrogen) atoms. The number of carbonyl (C=O) groups excluding carboxylic acids is 1. The fourth-order valence-electron chi connectivity index (χ4n) is 3.32. The van der Waals surface area contributed by atoms with Gasteiger partial charge in [-0.15, -0.1) is 0 Å². The predicted molar refractivity (Wildman–Crippen MR) is 69.9 cm³/mol. The number of alkyl halides is 3. The zero-order chi connectivity index (χ0) is 14.8. The molecule has 2 aliphatic carbocycles. The number of nitrogens with one attached hydrogen (secondary N) is 1. The fourth-order valence-corrected chi connectivity index (χ4v) is 3.32. The van der Waals surface area contributed by atoms with E-state index in [1.807, 2.05) is 0 Å². The Morgan fingerprint density at radius 1 is 1.05 bits per heavy atom. The van der Waals surface area contributed by atoms with Gasteiger partial charge in [0.05, 0.1) is 5.92 Å². The summed E-state index contributed by atoms with van der Waals surface area (Å²) >= 11 is 0. The number of hydrogen-bond acceptors (Lipinski definition) is 2. The molecule has 0 spiro atoms. The molecule has 0 aromatic heterocycles. The van der Waals surface area contributed by atoms with E-state index < -0.39 is 12.1 Å². The largest absolute Gasteiger partial charge is 0.391 e. The summed E-state index contributed by atoms with van der Waals surface area (Å²) in [5.41, 5.74) is 5.79. The Labute approximate surface area is 117 Å². The van der Waals surface area contributed by atoms with Crippen LogP contribution in [0.1, 0.15) is 51.4 Å². The third kappa shape index (κ3) is 4.11. The highest BCUT2D eigenvalue weighted by Crippen LogP contribution is 2.37. The summed E-state index contributed by atoms with van der Waals surface area (Å²) in [5.74, 6) is -1.41. The number of halogens is 3. The number of carbonyl (C=O) groups is 1. The van der Waals surface area contributed by atoms with Crippen LogP contribution < -0.4 is 11.1 Å². The van der Waals surface area contributed by atoms with Crippen LogP contribution in [0.2, 0.25) is 0 Å². The minimum absolute atomic E-state index is 0.0292. The van der Waals surface area contributed by atoms with Gasteiger partial charge in [0, 0.05) is 18.0 Å². The monoisotopic (exact) mass is 292 g/mol. The van der Waals surface area contributed by atoms with Gasteiger partial charge in [0.25, 0.3) is 0 Å². The van der Waals surface area contributed by atoms with Crippen LogP contribution in [0.3, 0.4) is 0 Å². The van der Waals surface area contributed by atoms with E-state index in [2.05, 4.69) is 5.32 Å². The Bertz CT molecular complexity index is 338. The first-order chi connectivity index (χ1) is 9.36. The number of rotatable bonds is 2. The Kier molecular flexibility index (Phi) is 4.94. The fraction of sp³-hybridized carbons (Fsp3) is 0.929. The summed E-state index contributed by atoms with van der Waals surface area (Å²) in [4.78, 5) is 12.1. The van der Waals surface area contributed by atoms with Crippen molar-refractivity contribution in [3.8, 4) is 0 Å². The van der Waals surface area contributed by atoms with Crippen molar-refractivity contribution in [1.29, 1.82) is 0 Å². The molecule has 2 unspecified atom stereocenters. The third-order valence-corrected chi connectivity index (χ3v) is 4.63. The molecule has 2 atom stereocenters. The summed E-state index contributed by atoms with van der Waals surface area (Å²) in [7, 11) is 0. The van der Waals surface area contributed by atoms with Crippen molar-refractivity contribution in [3.05, 3.63) is 0 Å². The van der Waals surface area contributed by atoms with Gasteiger partial charge in [0.1, 0.15) is 0 Å². The number of hydrogen-bond donors (Lipinski definition) is 2. The second-order valence-corrected chi connectivity index (χ2v) is 6.22. The Morgan fingerprint density at radius 3 is 2.30 bits per heavy atom. The van der Waals surface area contributed by atoms with Crippen LogP contribution in [-0.4, -0.2) is 24.2 Å². The van der Waals surface area contributed by atoms with Crippen LogP contribution in [0.15, 0.2) is 0 Å². The summed E-state index contributed by atoms with van der Waals surface area (Å²) in [6.07, 6.45) is 0.429. The lowest BCUT2D eigenvalue weighted by atomic mass is 9.83. The van der Waals surface area contributed by atoms with Crippen LogP contribution in [-0.2, 0) is 4.79 Å². The molecule has 2 aliphatic rings. The van der Waals surface area contributed by atoms with Crippen molar-refractivity contribution in [1.82, 2.24) is 5.32 Å². The van der Waals surface area contributed by atoms with Crippen molar-refractivity contribution >= 4 is 5.91 Å². The molecule has 0 aromatic carbocycles. The van der Waals surface area contributed by atoms with Crippen LogP contribution in [0.5, 0.6) is 0 Å². The van der Waals surface area contributed by atoms with Gasteiger partial charge in [0.2, 0.25) is 5.91 Å². The molecule has 6 heteroatoms. The minimum atomic E-state index is -4.14. The van der Waals surface area contributed by atoms with Crippen molar-refractivity contribution in [3.63, 3.8) is 0 Å². The van der Waals surface area contributed by atoms with E-state index in [0.717, 1.165) is 25.7 Å². The van der Waals surface area contributed by atoms with Gasteiger partial charge in [-0.1, -0.05) is 6.42 Å². The SMILES string of the molecule is NC1CCC(C(=O)NC2CCCC(C(F)(F)F)C2)CC1. The summed E-state index contributed by atoms with van der Waals surface area (Å²) in [6, 6.07) is -0.151. The molecule has 3 nitrogen and oxygen atoms in total. The summed E-state index contributed by atoms with van der Waals surface area (Å²) in [6.45, 7) is 0. The predicted octanol–water partition coefficient (Wildman–Crippen LogP) is 2.74. The smallest absolute Gasteiger partial charge is 0.353 e. The normalized spacial score (nSPS) is 35.6. The molecular formula is C14H23F3N2O. The van der Waals surface area contributed by atoms with E-state index in [1.165, 1.54) is 0 Å². The number of amides is 1. The Hall–Kier alpha value is -0.780. The molecule has 3 N–H and O–H groups in total. The van der Waals surface area contributed by atoms with Gasteiger partial charge in [-0.2, -0.15) is 13.2 Å². The highest BCUT2D eigenvalue weighted by molar-refractivity contribution is 5.79. The zero-order valence-electron chi connectivity index (χ0n) is 11.6. The van der Waals surface area contributed by atoms with Crippen molar-refractivity contribution in [2.24, 2.45) is 17.6 Å². The van der Waals surface area contributed by atoms with E-state index in [9.17, 15) is 18.0 Å². The molecule has 116 valence electrons. The Balaban J connectivity index is 1.82. The van der Waals surface area contributed by atoms with Gasteiger partial charge in [0.15, 0.2) is 0 Å². The van der Waals surface area contributed by atoms with Gasteiger partial charge >= 0.3 is 6.18 Å². The first-order valence-electron chi connectivity index (χ1n) is 7.49. The van der Waals surface area contributed by atoms with E-state index >= 15 is 0 Å². The first kappa shape index (κ1) is 15.6. The molecule has 2 rings (SSSR count). The molecule has 2 saturated carbocycles. The van der Waals surface area contributed by atoms with Crippen molar-refractivity contribution in [2.75, 3.05) is 0 Å². The van der Waals surface area contributed by atoms with Crippen LogP contribution in [0.25, 0.3) is 0 Å². The van der Waals surface area contributed by atoms with Gasteiger partial charge < -0.3 is 11.1 Å². The van der Waals surface area contributed by atoms with Gasteiger partial charge in [-0.05, 0) is 44.9 Å². The maximum Gasteiger partial charge on any atom is 0.391 e. The summed E-state index contributed by atoms with van der Waals surface area (Å²) in [5, 5.41) is 2.83. The van der Waals surface area contributed by atoms with Crippen LogP contribution in [0, 0.1) is 11.8 Å². The molecule has 0 aliphatic heterocycles. The molecule has 2 fully saturated rings. The topological polar surface area (TPSA) is 55.1 Å². The van der Waals surface area contributed by atoms with Gasteiger partial charge in [-0.25, -0.2) is 0 Å². The number of nitrogens with two attached hydrogens (primary N) is 1. The average Bonchev–Trinajstić information content (AvgIpc) is 2.38. The van der Waals surface area contributed by atoms with E-state index in [0.29, 0.717) is 12.8 Å². The lowest BCUT2D eigenvalue weighted by Crippen LogP contribution is -2.45. The van der Waals surface area contributed by atoms with E-state index in [-0.39, 0.29) is 36.8 Å². The molecule has 0 heterocycles. The average molecular weight is 292 g/mol. The highest BCUT2D eigenvalue weighted by Gasteiger charge is 2.42. The molecule has 0 saturated heterocycles. The van der Waals surface area contributed by atoms with Crippen molar-refractivity contribution in [2.45, 2.75) is 69.6 Å². The minimum Gasteiger partial charge on any atom is -0.353 e. The quantitative estimate of drug-likeness (QED) is 0.822. The highest BCUT2D eigenvalue weighted by atomic mass is 19.4. The lowest BCUT2D eigenvalue weighted by Gasteiger charge is -2.33. The van der Waals surface area contributed by atoms with E-state index in [4.69, 9.17) is 5.73 Å². The molecule has 1 amide bonds. The molecule has 0 aromatic rings. The molecule has 0 radical (unpaired) electrons. The maximum absolute atomic E-state index is 12.7. The van der Waals surface area contributed by atoms with Crippen LogP contribution >= 0.6 is 0 Å². The standard InChI is InChI=1S/C14H23F3N2O/c15-14(16,17)10-2-1-3-12(8-10)19-13(20)9-4-6-11(18)7-5-9/h9-12H,1-8,18H2,(H,19,20). The zero-order valence-corrected chi connectivity index (χ0v) is 11.6. The van der Waals surface area contributed by atoms with Gasteiger partial charge in [-0.3, -0.25) is 4.79 Å². The summed E-state index contributed by atoms with van der Waals surface area (Å²) < 4.78 is 38.2. The van der Waals surface area contributed by atoms with E-state index in [1.54, 1.807) is 0 Å². The maximum atomic E-state index is 12.7. The first-order valence-corrected chi connectivity index (χ1v) is 7.49. The molecular weight excluding hydrogens is 269 g/mol. The Morgan fingerprint density at radius 2 is 1.70 bits per heavy atom. The second kappa shape index (κ2) is 6.33. The molecule has 0 bridgehead atoms. The second-order valence-electron chi connectivity index (χ2n) is 6.22.